The lowest BCUT2D eigenvalue weighted by Crippen LogP contribution is -2.26. The molecule has 1 aromatic carbocycles. The molecule has 0 aliphatic heterocycles. The van der Waals surface area contributed by atoms with Gasteiger partial charge in [-0.2, -0.15) is 9.78 Å². The van der Waals surface area contributed by atoms with Crippen molar-refractivity contribution in [1.29, 1.82) is 0 Å². The van der Waals surface area contributed by atoms with Crippen molar-refractivity contribution >= 4 is 28.5 Å². The molecule has 26 heavy (non-hydrogen) atoms. The van der Waals surface area contributed by atoms with Gasteiger partial charge >= 0.3 is 5.97 Å². The van der Waals surface area contributed by atoms with E-state index in [2.05, 4.69) is 15.4 Å². The highest BCUT2D eigenvalue weighted by Gasteiger charge is 2.22. The van der Waals surface area contributed by atoms with E-state index in [4.69, 9.17) is 16.3 Å². The molecule has 2 aromatic heterocycles. The molecule has 0 aliphatic rings. The molecule has 0 radical (unpaired) electrons. The summed E-state index contributed by atoms with van der Waals surface area (Å²) in [5.74, 6) is -0.341. The number of nitrogens with zero attached hydrogens (tertiary/aromatic N) is 5. The molecule has 0 bridgehead atoms. The highest BCUT2D eigenvalue weighted by atomic mass is 35.5. The van der Waals surface area contributed by atoms with E-state index in [1.165, 1.54) is 0 Å². The minimum absolute atomic E-state index is 0.189. The van der Waals surface area contributed by atoms with Crippen LogP contribution in [0.5, 0.6) is 0 Å². The fourth-order valence-corrected chi connectivity index (χ4v) is 2.87. The van der Waals surface area contributed by atoms with Gasteiger partial charge in [-0.05, 0) is 25.0 Å². The van der Waals surface area contributed by atoms with E-state index >= 15 is 0 Å². The first-order chi connectivity index (χ1) is 12.4. The maximum atomic E-state index is 12.4. The fraction of sp³-hybridized carbons (Fsp3) is 0.353. The van der Waals surface area contributed by atoms with E-state index < -0.39 is 5.97 Å². The molecule has 0 spiro atoms. The highest BCUT2D eigenvalue weighted by molar-refractivity contribution is 6.32. The van der Waals surface area contributed by atoms with Crippen LogP contribution in [0, 0.1) is 12.8 Å². The van der Waals surface area contributed by atoms with Crippen LogP contribution in [0.15, 0.2) is 29.1 Å². The number of benzene rings is 1. The minimum atomic E-state index is -0.663. The number of aryl methyl sites for hydroxylation is 1. The smallest absolute Gasteiger partial charge is 0.344 e. The van der Waals surface area contributed by atoms with Crippen LogP contribution in [0.2, 0.25) is 5.15 Å². The van der Waals surface area contributed by atoms with Crippen molar-refractivity contribution in [2.24, 2.45) is 5.92 Å². The first-order valence-electron chi connectivity index (χ1n) is 8.11. The maximum Gasteiger partial charge on any atom is 0.344 e. The number of rotatable bonds is 5. The number of esters is 1. The second-order valence-electron chi connectivity index (χ2n) is 6.30. The third kappa shape index (κ3) is 3.45. The van der Waals surface area contributed by atoms with E-state index in [0.29, 0.717) is 29.1 Å². The summed E-state index contributed by atoms with van der Waals surface area (Å²) in [5.41, 5.74) is 0.752. The van der Waals surface area contributed by atoms with Crippen LogP contribution in [0.3, 0.4) is 0 Å². The number of halogens is 1. The van der Waals surface area contributed by atoms with E-state index in [1.807, 2.05) is 13.8 Å². The Morgan fingerprint density at radius 3 is 2.73 bits per heavy atom. The minimum Gasteiger partial charge on any atom is -0.438 e. The average Bonchev–Trinajstić information content (AvgIpc) is 2.87. The van der Waals surface area contributed by atoms with Gasteiger partial charge in [0.1, 0.15) is 16.2 Å². The molecule has 0 unspecified atom stereocenters. The molecule has 8 nitrogen and oxygen atoms in total. The summed E-state index contributed by atoms with van der Waals surface area (Å²) in [6, 6.07) is 6.82. The molecule has 3 rings (SSSR count). The Hall–Kier alpha value is -2.74. The molecule has 9 heteroatoms. The van der Waals surface area contributed by atoms with Crippen LogP contribution in [0.1, 0.15) is 29.9 Å². The molecule has 3 aromatic rings. The molecule has 0 N–H and O–H groups in total. The second-order valence-corrected chi connectivity index (χ2v) is 6.66. The van der Waals surface area contributed by atoms with Gasteiger partial charge in [0.25, 0.3) is 5.56 Å². The van der Waals surface area contributed by atoms with Crippen molar-refractivity contribution in [3.05, 3.63) is 51.0 Å². The van der Waals surface area contributed by atoms with E-state index in [0.717, 1.165) is 4.68 Å². The highest BCUT2D eigenvalue weighted by Crippen LogP contribution is 2.21. The Balaban J connectivity index is 1.81. The van der Waals surface area contributed by atoms with Gasteiger partial charge < -0.3 is 4.74 Å². The lowest BCUT2D eigenvalue weighted by atomic mass is 10.2. The molecule has 0 amide bonds. The number of ether oxygens (including phenoxy) is 1. The average molecular weight is 376 g/mol. The summed E-state index contributed by atoms with van der Waals surface area (Å²) in [4.78, 5) is 24.8. The van der Waals surface area contributed by atoms with Crippen molar-refractivity contribution in [2.75, 3.05) is 0 Å². The zero-order chi connectivity index (χ0) is 18.8. The SMILES string of the molecule is Cc1nn(CC(C)C)c(Cl)c1C(=O)OCn1nnc2ccccc2c1=O. The lowest BCUT2D eigenvalue weighted by Gasteiger charge is -2.07. The number of carbonyl (C=O) groups is 1. The maximum absolute atomic E-state index is 12.4. The zero-order valence-corrected chi connectivity index (χ0v) is 15.4. The molecule has 0 fully saturated rings. The Morgan fingerprint density at radius 2 is 2.00 bits per heavy atom. The summed E-state index contributed by atoms with van der Waals surface area (Å²) in [6.45, 7) is 5.96. The van der Waals surface area contributed by atoms with E-state index in [9.17, 15) is 9.59 Å². The summed E-state index contributed by atoms with van der Waals surface area (Å²) in [6.07, 6.45) is 0. The van der Waals surface area contributed by atoms with Crippen molar-refractivity contribution in [1.82, 2.24) is 24.8 Å². The zero-order valence-electron chi connectivity index (χ0n) is 14.6. The van der Waals surface area contributed by atoms with Gasteiger partial charge in [-0.15, -0.1) is 5.10 Å². The van der Waals surface area contributed by atoms with Gasteiger partial charge in [0, 0.05) is 6.54 Å². The van der Waals surface area contributed by atoms with Gasteiger partial charge in [-0.25, -0.2) is 4.79 Å². The molecule has 0 aliphatic carbocycles. The van der Waals surface area contributed by atoms with Crippen LogP contribution in [-0.4, -0.2) is 30.7 Å². The van der Waals surface area contributed by atoms with Gasteiger partial charge in [-0.3, -0.25) is 9.48 Å². The Labute approximate surface area is 154 Å². The van der Waals surface area contributed by atoms with Gasteiger partial charge in [-0.1, -0.05) is 42.8 Å². The molecule has 136 valence electrons. The predicted octanol–water partition coefficient (Wildman–Crippen LogP) is 2.42. The topological polar surface area (TPSA) is 91.9 Å². The van der Waals surface area contributed by atoms with Crippen molar-refractivity contribution in [2.45, 2.75) is 34.0 Å². The number of hydrogen-bond acceptors (Lipinski definition) is 6. The van der Waals surface area contributed by atoms with Crippen molar-refractivity contribution in [3.8, 4) is 0 Å². The first-order valence-corrected chi connectivity index (χ1v) is 8.49. The number of fused-ring (bicyclic) bond motifs is 1. The van der Waals surface area contributed by atoms with Gasteiger partial charge in [0.2, 0.25) is 0 Å². The molecule has 0 saturated heterocycles. The molecular weight excluding hydrogens is 358 g/mol. The Bertz CT molecular complexity index is 1020. The predicted molar refractivity (Wildman–Crippen MR) is 96.0 cm³/mol. The van der Waals surface area contributed by atoms with Crippen LogP contribution in [0.25, 0.3) is 10.9 Å². The Morgan fingerprint density at radius 1 is 1.27 bits per heavy atom. The molecule has 2 heterocycles. The van der Waals surface area contributed by atoms with Gasteiger partial charge in [0.05, 0.1) is 11.1 Å². The molecule has 0 saturated carbocycles. The summed E-state index contributed by atoms with van der Waals surface area (Å²) in [5, 5.41) is 12.6. The van der Waals surface area contributed by atoms with Crippen LogP contribution in [-0.2, 0) is 18.0 Å². The van der Waals surface area contributed by atoms with E-state index in [-0.39, 0.29) is 23.0 Å². The number of carbonyl (C=O) groups excluding carboxylic acids is 1. The third-order valence-electron chi connectivity index (χ3n) is 3.75. The first kappa shape index (κ1) is 18.1. The monoisotopic (exact) mass is 375 g/mol. The number of hydrogen-bond donors (Lipinski definition) is 0. The summed E-state index contributed by atoms with van der Waals surface area (Å²) >= 11 is 6.26. The van der Waals surface area contributed by atoms with Crippen LogP contribution < -0.4 is 5.56 Å². The summed E-state index contributed by atoms with van der Waals surface area (Å²) in [7, 11) is 0. The third-order valence-corrected chi connectivity index (χ3v) is 4.14. The lowest BCUT2D eigenvalue weighted by molar-refractivity contribution is 0.0335. The van der Waals surface area contributed by atoms with Crippen molar-refractivity contribution < 1.29 is 9.53 Å². The molecular formula is C17H18ClN5O3. The van der Waals surface area contributed by atoms with Crippen LogP contribution >= 0.6 is 11.6 Å². The normalized spacial score (nSPS) is 11.3. The largest absolute Gasteiger partial charge is 0.438 e. The fourth-order valence-electron chi connectivity index (χ4n) is 2.55. The Kier molecular flexibility index (Phi) is 5.03. The standard InChI is InChI=1S/C17H18ClN5O3/c1-10(2)8-22-15(18)14(11(3)20-22)17(25)26-9-23-16(24)12-6-4-5-7-13(12)19-21-23/h4-7,10H,8-9H2,1-3H3. The summed E-state index contributed by atoms with van der Waals surface area (Å²) < 4.78 is 7.77. The van der Waals surface area contributed by atoms with Crippen LogP contribution in [0.4, 0.5) is 0 Å². The van der Waals surface area contributed by atoms with Crippen molar-refractivity contribution in [3.63, 3.8) is 0 Å². The second kappa shape index (κ2) is 7.25. The number of aromatic nitrogens is 5. The van der Waals surface area contributed by atoms with E-state index in [1.54, 1.807) is 35.9 Å². The quantitative estimate of drug-likeness (QED) is 0.636. The van der Waals surface area contributed by atoms with Gasteiger partial charge in [0.15, 0.2) is 6.73 Å². The molecule has 0 atom stereocenters.